The molecule has 0 aromatic carbocycles. The maximum atomic E-state index is 13.9. The van der Waals surface area contributed by atoms with Crippen LogP contribution in [0, 0.1) is 56.7 Å². The zero-order valence-electron chi connectivity index (χ0n) is 33.9. The molecule has 0 unspecified atom stereocenters. The van der Waals surface area contributed by atoms with Crippen LogP contribution in [0.4, 0.5) is 0 Å². The van der Waals surface area contributed by atoms with Crippen molar-refractivity contribution >= 4 is 11.9 Å². The summed E-state index contributed by atoms with van der Waals surface area (Å²) < 4.78 is 24.0. The summed E-state index contributed by atoms with van der Waals surface area (Å²) in [5.74, 6) is -1.45. The molecule has 0 aromatic heterocycles. The average Bonchev–Trinajstić information content (AvgIpc) is 3.14. The van der Waals surface area contributed by atoms with E-state index in [2.05, 4.69) is 47.6 Å². The molecule has 5 aliphatic carbocycles. The molecule has 7 rings (SSSR count). The Morgan fingerprint density at radius 2 is 1.41 bits per heavy atom. The molecule has 56 heavy (non-hydrogen) atoms. The van der Waals surface area contributed by atoms with Gasteiger partial charge in [-0.2, -0.15) is 0 Å². The van der Waals surface area contributed by atoms with E-state index in [1.807, 2.05) is 0 Å². The fourth-order valence-electron chi connectivity index (χ4n) is 14.0. The Kier molecular flexibility index (Phi) is 11.0. The summed E-state index contributed by atoms with van der Waals surface area (Å²) in [6, 6.07) is 0. The third kappa shape index (κ3) is 5.85. The highest BCUT2D eigenvalue weighted by molar-refractivity contribution is 5.84. The van der Waals surface area contributed by atoms with Gasteiger partial charge in [0.25, 0.3) is 0 Å². The molecular formula is C42H66O14. The molecule has 14 nitrogen and oxygen atoms in total. The topological polar surface area (TPSA) is 233 Å². The molecule has 14 heteroatoms. The molecule has 318 valence electrons. The van der Waals surface area contributed by atoms with Crippen LogP contribution in [-0.4, -0.2) is 127 Å². The number of carboxylic acid groups (broad SMARTS) is 2. The van der Waals surface area contributed by atoms with E-state index in [4.69, 9.17) is 18.9 Å². The van der Waals surface area contributed by atoms with E-state index in [1.54, 1.807) is 6.92 Å². The van der Waals surface area contributed by atoms with Gasteiger partial charge in [0.1, 0.15) is 42.7 Å². The predicted octanol–water partition coefficient (Wildman–Crippen LogP) is 2.83. The molecule has 0 aromatic rings. The van der Waals surface area contributed by atoms with Gasteiger partial charge in [0.15, 0.2) is 12.6 Å². The van der Waals surface area contributed by atoms with Crippen molar-refractivity contribution in [2.45, 2.75) is 174 Å². The Morgan fingerprint density at radius 3 is 2.05 bits per heavy atom. The smallest absolute Gasteiger partial charge is 0.314 e. The normalized spacial score (nSPS) is 54.1. The summed E-state index contributed by atoms with van der Waals surface area (Å²) >= 11 is 0. The Labute approximate surface area is 329 Å². The van der Waals surface area contributed by atoms with Gasteiger partial charge >= 0.3 is 11.9 Å². The minimum atomic E-state index is -1.69. The number of fused-ring (bicyclic) bond motifs is 7. The molecule has 2 aliphatic heterocycles. The molecule has 0 amide bonds. The van der Waals surface area contributed by atoms with Gasteiger partial charge in [-0.05, 0) is 111 Å². The lowest BCUT2D eigenvalue weighted by Gasteiger charge is -2.70. The van der Waals surface area contributed by atoms with Crippen LogP contribution in [0.1, 0.15) is 106 Å². The van der Waals surface area contributed by atoms with Gasteiger partial charge in [-0.25, -0.2) is 0 Å². The third-order valence-corrected chi connectivity index (χ3v) is 17.4. The number of hydrogen-bond donors (Lipinski definition) is 8. The second-order valence-corrected chi connectivity index (χ2v) is 20.0. The highest BCUT2D eigenvalue weighted by Crippen LogP contribution is 2.76. The third-order valence-electron chi connectivity index (χ3n) is 17.4. The van der Waals surface area contributed by atoms with Crippen molar-refractivity contribution in [1.29, 1.82) is 0 Å². The Hall–Kier alpha value is -1.72. The lowest BCUT2D eigenvalue weighted by atomic mass is 9.33. The van der Waals surface area contributed by atoms with E-state index in [-0.39, 0.29) is 35.2 Å². The molecule has 2 heterocycles. The predicted molar refractivity (Wildman–Crippen MR) is 198 cm³/mol. The van der Waals surface area contributed by atoms with Crippen molar-refractivity contribution in [3.63, 3.8) is 0 Å². The number of hydrogen-bond acceptors (Lipinski definition) is 12. The SMILES string of the molecule is C[C@@H]1[C@@H](C)CC[C@]2(C(=O)O)CC[C@]3(C(=O)O)C(=CC[C@@H]4[C@@]5(C)CC[C@H](O[C@@H]6O[C@@H](C)[C@H](O[C@@H]7O[C@H](CO)[C@@H](O)[C@H](O)[C@H]7O)[C@@H](O)[C@H]6O)C(C)(C)[C@@H]5CC[C@]43C)[C@@H]12. The van der Waals surface area contributed by atoms with Crippen LogP contribution in [0.2, 0.25) is 0 Å². The molecule has 6 fully saturated rings. The first-order valence-electron chi connectivity index (χ1n) is 20.9. The molecule has 20 atom stereocenters. The maximum absolute atomic E-state index is 13.9. The minimum Gasteiger partial charge on any atom is -0.481 e. The van der Waals surface area contributed by atoms with Gasteiger partial charge < -0.3 is 59.8 Å². The van der Waals surface area contributed by atoms with Crippen molar-refractivity contribution < 1.29 is 69.4 Å². The average molecular weight is 795 g/mol. The molecule has 0 radical (unpaired) electrons. The summed E-state index contributed by atoms with van der Waals surface area (Å²) in [6.45, 7) is 14.1. The highest BCUT2D eigenvalue weighted by atomic mass is 16.7. The van der Waals surface area contributed by atoms with E-state index in [1.165, 1.54) is 0 Å². The number of allylic oxidation sites excluding steroid dienone is 1. The van der Waals surface area contributed by atoms with E-state index in [0.717, 1.165) is 24.8 Å². The minimum absolute atomic E-state index is 0.0289. The second kappa shape index (κ2) is 14.5. The van der Waals surface area contributed by atoms with E-state index in [0.29, 0.717) is 44.4 Å². The van der Waals surface area contributed by atoms with Gasteiger partial charge in [-0.3, -0.25) is 9.59 Å². The van der Waals surface area contributed by atoms with Gasteiger partial charge in [-0.1, -0.05) is 53.2 Å². The van der Waals surface area contributed by atoms with Crippen molar-refractivity contribution in [1.82, 2.24) is 0 Å². The molecule has 0 spiro atoms. The number of rotatable bonds is 7. The van der Waals surface area contributed by atoms with E-state index >= 15 is 0 Å². The van der Waals surface area contributed by atoms with Crippen molar-refractivity contribution in [2.24, 2.45) is 56.7 Å². The summed E-state index contributed by atoms with van der Waals surface area (Å²) in [4.78, 5) is 27.0. The van der Waals surface area contributed by atoms with Gasteiger partial charge in [0.2, 0.25) is 0 Å². The van der Waals surface area contributed by atoms with Crippen molar-refractivity contribution in [3.8, 4) is 0 Å². The largest absolute Gasteiger partial charge is 0.481 e. The number of carbonyl (C=O) groups is 2. The number of aliphatic hydroxyl groups is 6. The zero-order valence-corrected chi connectivity index (χ0v) is 33.9. The first-order chi connectivity index (χ1) is 26.1. The van der Waals surface area contributed by atoms with Crippen LogP contribution in [0.25, 0.3) is 0 Å². The molecule has 7 aliphatic rings. The van der Waals surface area contributed by atoms with E-state index in [9.17, 15) is 50.4 Å². The lowest BCUT2D eigenvalue weighted by molar-refractivity contribution is -0.364. The van der Waals surface area contributed by atoms with Crippen LogP contribution in [0.15, 0.2) is 11.6 Å². The number of aliphatic carboxylic acids is 2. The summed E-state index contributed by atoms with van der Waals surface area (Å²) in [7, 11) is 0. The fourth-order valence-corrected chi connectivity index (χ4v) is 14.0. The first kappa shape index (κ1) is 42.4. The van der Waals surface area contributed by atoms with E-state index < -0.39 is 102 Å². The van der Waals surface area contributed by atoms with Gasteiger partial charge in [0, 0.05) is 0 Å². The second-order valence-electron chi connectivity index (χ2n) is 20.0. The molecular weight excluding hydrogens is 728 g/mol. The Bertz CT molecular complexity index is 1550. The summed E-state index contributed by atoms with van der Waals surface area (Å²) in [5.41, 5.74) is -2.55. The van der Waals surface area contributed by atoms with Crippen molar-refractivity contribution in [2.75, 3.05) is 6.61 Å². The van der Waals surface area contributed by atoms with Gasteiger partial charge in [-0.15, -0.1) is 0 Å². The Morgan fingerprint density at radius 1 is 0.750 bits per heavy atom. The summed E-state index contributed by atoms with van der Waals surface area (Å²) in [5, 5.41) is 85.2. The van der Waals surface area contributed by atoms with Crippen LogP contribution in [0.3, 0.4) is 0 Å². The Balaban J connectivity index is 1.11. The zero-order chi connectivity index (χ0) is 41.1. The summed E-state index contributed by atoms with van der Waals surface area (Å²) in [6.07, 6.45) is -6.76. The van der Waals surface area contributed by atoms with Crippen molar-refractivity contribution in [3.05, 3.63) is 11.6 Å². The standard InChI is InChI=1S/C42H66O14/c1-19-10-15-41(36(49)50)16-17-42(37(51)52)22(27(41)20(19)2)8-9-25-39(6)13-12-26(38(4,5)24(39)11-14-40(25,42)7)55-34-32(48)30(46)33(21(3)53-34)56-35-31(47)29(45)28(44)23(18-43)54-35/h8,19-21,23-35,43-48H,9-18H2,1-7H3,(H,49,50)(H,51,52)/t19-,20+,21-,23+,24-,25+,26-,27+,28+,29-,30-,31+,32+,33-,34-,35-,39-,40+,41-,42+/m0/s1. The quantitative estimate of drug-likeness (QED) is 0.137. The molecule has 2 saturated heterocycles. The molecule has 4 saturated carbocycles. The molecule has 0 bridgehead atoms. The number of aliphatic hydroxyl groups excluding tert-OH is 6. The van der Waals surface area contributed by atoms with Crippen LogP contribution in [0.5, 0.6) is 0 Å². The fraction of sp³-hybridized carbons (Fsp3) is 0.905. The van der Waals surface area contributed by atoms with Crippen LogP contribution < -0.4 is 0 Å². The highest BCUT2D eigenvalue weighted by Gasteiger charge is 2.73. The number of carboxylic acids is 2. The number of ether oxygens (including phenoxy) is 4. The lowest BCUT2D eigenvalue weighted by Crippen LogP contribution is -2.68. The first-order valence-corrected chi connectivity index (χ1v) is 20.9. The van der Waals surface area contributed by atoms with Crippen LogP contribution in [-0.2, 0) is 28.5 Å². The van der Waals surface area contributed by atoms with Gasteiger partial charge in [0.05, 0.1) is 29.6 Å². The van der Waals surface area contributed by atoms with Crippen LogP contribution >= 0.6 is 0 Å². The molecule has 8 N–H and O–H groups in total. The monoisotopic (exact) mass is 794 g/mol. The maximum Gasteiger partial charge on any atom is 0.314 e.